The Balaban J connectivity index is 1.81. The predicted molar refractivity (Wildman–Crippen MR) is 90.8 cm³/mol. The van der Waals surface area contributed by atoms with Crippen molar-refractivity contribution in [1.29, 1.82) is 0 Å². The first-order valence-corrected chi connectivity index (χ1v) is 8.07. The highest BCUT2D eigenvalue weighted by Gasteiger charge is 2.59. The molecule has 26 heavy (non-hydrogen) atoms. The SMILES string of the molecule is CN1C(=O)c2cnccc2N2C(=O)CCC12C(=O)Nc1cccc(F)c1. The summed E-state index contributed by atoms with van der Waals surface area (Å²) in [5.41, 5.74) is -0.612. The fraction of sp³-hybridized carbons (Fsp3) is 0.222. The Bertz CT molecular complexity index is 948. The van der Waals surface area contributed by atoms with E-state index in [9.17, 15) is 18.8 Å². The zero-order valence-electron chi connectivity index (χ0n) is 13.9. The topological polar surface area (TPSA) is 82.6 Å². The van der Waals surface area contributed by atoms with Gasteiger partial charge in [-0.15, -0.1) is 0 Å². The van der Waals surface area contributed by atoms with E-state index in [-0.39, 0.29) is 30.0 Å². The van der Waals surface area contributed by atoms with Gasteiger partial charge >= 0.3 is 0 Å². The third-order valence-electron chi connectivity index (χ3n) is 4.88. The molecule has 3 heterocycles. The highest BCUT2D eigenvalue weighted by molar-refractivity contribution is 6.18. The quantitative estimate of drug-likeness (QED) is 0.891. The van der Waals surface area contributed by atoms with Crippen LogP contribution in [-0.4, -0.2) is 40.3 Å². The van der Waals surface area contributed by atoms with Gasteiger partial charge < -0.3 is 10.2 Å². The second-order valence-electron chi connectivity index (χ2n) is 6.27. The normalized spacial score (nSPS) is 21.5. The molecule has 132 valence electrons. The number of nitrogens with zero attached hydrogens (tertiary/aromatic N) is 3. The van der Waals surface area contributed by atoms with E-state index in [1.807, 2.05) is 0 Å². The molecule has 0 spiro atoms. The molecule has 1 aromatic heterocycles. The third-order valence-corrected chi connectivity index (χ3v) is 4.88. The molecule has 4 rings (SSSR count). The van der Waals surface area contributed by atoms with Gasteiger partial charge in [-0.25, -0.2) is 4.39 Å². The van der Waals surface area contributed by atoms with Crippen LogP contribution in [0.4, 0.5) is 15.8 Å². The molecule has 0 saturated carbocycles. The van der Waals surface area contributed by atoms with Crippen molar-refractivity contribution in [2.45, 2.75) is 18.5 Å². The zero-order chi connectivity index (χ0) is 18.5. The van der Waals surface area contributed by atoms with E-state index in [1.54, 1.807) is 12.1 Å². The molecule has 0 bridgehead atoms. The third kappa shape index (κ3) is 2.11. The summed E-state index contributed by atoms with van der Waals surface area (Å²) < 4.78 is 13.4. The van der Waals surface area contributed by atoms with Gasteiger partial charge in [0.25, 0.3) is 11.8 Å². The summed E-state index contributed by atoms with van der Waals surface area (Å²) >= 11 is 0. The molecular formula is C18H15FN4O3. The van der Waals surface area contributed by atoms with Crippen LogP contribution in [0.2, 0.25) is 0 Å². The summed E-state index contributed by atoms with van der Waals surface area (Å²) in [6.45, 7) is 0. The molecule has 2 aliphatic heterocycles. The van der Waals surface area contributed by atoms with Crippen molar-refractivity contribution in [2.24, 2.45) is 0 Å². The highest BCUT2D eigenvalue weighted by Crippen LogP contribution is 2.43. The Kier molecular flexibility index (Phi) is 3.50. The van der Waals surface area contributed by atoms with Crippen molar-refractivity contribution in [3.05, 3.63) is 54.1 Å². The summed E-state index contributed by atoms with van der Waals surface area (Å²) in [4.78, 5) is 45.1. The van der Waals surface area contributed by atoms with Gasteiger partial charge in [0.15, 0.2) is 0 Å². The molecular weight excluding hydrogens is 339 g/mol. The molecule has 1 N–H and O–H groups in total. The number of anilines is 2. The van der Waals surface area contributed by atoms with E-state index in [2.05, 4.69) is 10.3 Å². The molecule has 3 amide bonds. The number of hydrogen-bond donors (Lipinski definition) is 1. The predicted octanol–water partition coefficient (Wildman–Crippen LogP) is 1.77. The Morgan fingerprint density at radius 3 is 2.88 bits per heavy atom. The highest BCUT2D eigenvalue weighted by atomic mass is 19.1. The number of halogens is 1. The molecule has 1 fully saturated rings. The van der Waals surface area contributed by atoms with Crippen molar-refractivity contribution in [3.8, 4) is 0 Å². The van der Waals surface area contributed by atoms with Crippen molar-refractivity contribution in [2.75, 3.05) is 17.3 Å². The second-order valence-corrected chi connectivity index (χ2v) is 6.27. The fourth-order valence-corrected chi connectivity index (χ4v) is 3.62. The first-order chi connectivity index (χ1) is 12.4. The average Bonchev–Trinajstić information content (AvgIpc) is 2.98. The largest absolute Gasteiger partial charge is 0.322 e. The van der Waals surface area contributed by atoms with Crippen LogP contribution < -0.4 is 10.2 Å². The van der Waals surface area contributed by atoms with E-state index >= 15 is 0 Å². The Morgan fingerprint density at radius 1 is 1.31 bits per heavy atom. The number of hydrogen-bond acceptors (Lipinski definition) is 4. The smallest absolute Gasteiger partial charge is 0.271 e. The number of benzene rings is 1. The van der Waals surface area contributed by atoms with Crippen LogP contribution in [0, 0.1) is 5.82 Å². The van der Waals surface area contributed by atoms with Gasteiger partial charge in [-0.05, 0) is 24.3 Å². The van der Waals surface area contributed by atoms with Crippen LogP contribution in [0.5, 0.6) is 0 Å². The van der Waals surface area contributed by atoms with Crippen molar-refractivity contribution in [1.82, 2.24) is 9.88 Å². The van der Waals surface area contributed by atoms with Crippen molar-refractivity contribution in [3.63, 3.8) is 0 Å². The minimum Gasteiger partial charge on any atom is -0.322 e. The van der Waals surface area contributed by atoms with Gasteiger partial charge in [-0.2, -0.15) is 0 Å². The molecule has 0 radical (unpaired) electrons. The number of likely N-dealkylation sites (N-methyl/N-ethyl adjacent to an activating group) is 1. The Labute approximate surface area is 148 Å². The summed E-state index contributed by atoms with van der Waals surface area (Å²) in [6.07, 6.45) is 3.12. The number of amides is 3. The lowest BCUT2D eigenvalue weighted by Gasteiger charge is -2.47. The fourth-order valence-electron chi connectivity index (χ4n) is 3.62. The number of aromatic nitrogens is 1. The van der Waals surface area contributed by atoms with Crippen molar-refractivity contribution < 1.29 is 18.8 Å². The van der Waals surface area contributed by atoms with E-state index in [1.165, 1.54) is 47.4 Å². The average molecular weight is 354 g/mol. The molecule has 1 unspecified atom stereocenters. The van der Waals surface area contributed by atoms with Crippen LogP contribution in [0.1, 0.15) is 23.2 Å². The van der Waals surface area contributed by atoms with Crippen LogP contribution in [0.3, 0.4) is 0 Å². The van der Waals surface area contributed by atoms with Crippen LogP contribution in [0.25, 0.3) is 0 Å². The molecule has 2 aromatic rings. The number of carbonyl (C=O) groups excluding carboxylic acids is 3. The lowest BCUT2D eigenvalue weighted by Crippen LogP contribution is -2.68. The maximum atomic E-state index is 13.4. The van der Waals surface area contributed by atoms with Crippen LogP contribution in [0.15, 0.2) is 42.7 Å². The first kappa shape index (κ1) is 16.2. The summed E-state index contributed by atoms with van der Waals surface area (Å²) in [6, 6.07) is 7.00. The zero-order valence-corrected chi connectivity index (χ0v) is 13.9. The molecule has 8 heteroatoms. The first-order valence-electron chi connectivity index (χ1n) is 8.07. The van der Waals surface area contributed by atoms with Gasteiger partial charge in [0.1, 0.15) is 5.82 Å². The van der Waals surface area contributed by atoms with E-state index in [0.29, 0.717) is 5.69 Å². The molecule has 2 aliphatic rings. The van der Waals surface area contributed by atoms with Gasteiger partial charge in [-0.1, -0.05) is 6.07 Å². The van der Waals surface area contributed by atoms with Crippen molar-refractivity contribution >= 4 is 29.1 Å². The van der Waals surface area contributed by atoms with E-state index in [0.717, 1.165) is 0 Å². The van der Waals surface area contributed by atoms with Crippen LogP contribution >= 0.6 is 0 Å². The lowest BCUT2D eigenvalue weighted by atomic mass is 9.97. The molecule has 0 aliphatic carbocycles. The summed E-state index contributed by atoms with van der Waals surface area (Å²) in [5, 5.41) is 2.63. The van der Waals surface area contributed by atoms with Crippen LogP contribution in [-0.2, 0) is 9.59 Å². The Hall–Kier alpha value is -3.29. The number of pyridine rings is 1. The molecule has 1 aromatic carbocycles. The minimum absolute atomic E-state index is 0.121. The molecule has 7 nitrogen and oxygen atoms in total. The van der Waals surface area contributed by atoms with Gasteiger partial charge in [0.05, 0.1) is 11.3 Å². The molecule has 1 atom stereocenters. The van der Waals surface area contributed by atoms with Gasteiger partial charge in [-0.3, -0.25) is 24.3 Å². The maximum Gasteiger partial charge on any atom is 0.271 e. The number of nitrogens with one attached hydrogen (secondary N) is 1. The van der Waals surface area contributed by atoms with Gasteiger partial charge in [0, 0.05) is 38.0 Å². The number of fused-ring (bicyclic) bond motifs is 3. The van der Waals surface area contributed by atoms with E-state index in [4.69, 9.17) is 0 Å². The number of rotatable bonds is 2. The second kappa shape index (κ2) is 5.62. The summed E-state index contributed by atoms with van der Waals surface area (Å²) in [5.74, 6) is -1.71. The number of carbonyl (C=O) groups is 3. The maximum absolute atomic E-state index is 13.4. The monoisotopic (exact) mass is 354 g/mol. The standard InChI is InChI=1S/C18H15FN4O3/c1-22-16(25)13-10-20-8-6-14(13)23-15(24)5-7-18(22,23)17(26)21-12-4-2-3-11(19)9-12/h2-4,6,8-10H,5,7H2,1H3,(H,21,26). The molecule has 1 saturated heterocycles. The summed E-state index contributed by atoms with van der Waals surface area (Å²) in [7, 11) is 1.48. The minimum atomic E-state index is -1.49. The van der Waals surface area contributed by atoms with Gasteiger partial charge in [0.2, 0.25) is 11.6 Å². The van der Waals surface area contributed by atoms with E-state index < -0.39 is 23.3 Å². The lowest BCUT2D eigenvalue weighted by molar-refractivity contribution is -0.128. The Morgan fingerprint density at radius 2 is 2.12 bits per heavy atom.